The number of benzene rings is 2. The second-order valence-electron chi connectivity index (χ2n) is 6.39. The first kappa shape index (κ1) is 21.5. The van der Waals surface area contributed by atoms with Crippen molar-refractivity contribution in [2.75, 3.05) is 13.2 Å². The fourth-order valence-corrected chi connectivity index (χ4v) is 3.29. The molecule has 3 rings (SSSR count). The lowest BCUT2D eigenvalue weighted by atomic mass is 10.2. The Labute approximate surface area is 182 Å². The SMILES string of the molecule is CCCc1nc2ccc(Br)cc2c(=O)n1N=Cc1ccc(OCC#N)c(OCC)c1. The molecule has 3 aromatic rings. The zero-order valence-corrected chi connectivity index (χ0v) is 18.3. The predicted octanol–water partition coefficient (Wildman–Crippen LogP) is 4.29. The minimum Gasteiger partial charge on any atom is -0.490 e. The number of nitriles is 1. The molecule has 0 spiro atoms. The van der Waals surface area contributed by atoms with Crippen LogP contribution in [0.2, 0.25) is 0 Å². The fraction of sp³-hybridized carbons (Fsp3) is 0.273. The van der Waals surface area contributed by atoms with Gasteiger partial charge in [-0.1, -0.05) is 22.9 Å². The molecule has 0 N–H and O–H groups in total. The molecule has 0 unspecified atom stereocenters. The highest BCUT2D eigenvalue weighted by molar-refractivity contribution is 9.10. The van der Waals surface area contributed by atoms with E-state index in [1.54, 1.807) is 30.5 Å². The summed E-state index contributed by atoms with van der Waals surface area (Å²) in [6, 6.07) is 12.6. The van der Waals surface area contributed by atoms with Crippen molar-refractivity contribution >= 4 is 33.0 Å². The van der Waals surface area contributed by atoms with Crippen LogP contribution in [0.5, 0.6) is 11.5 Å². The van der Waals surface area contributed by atoms with E-state index in [9.17, 15) is 4.79 Å². The minimum absolute atomic E-state index is 0.0679. The Morgan fingerprint density at radius 2 is 2.03 bits per heavy atom. The zero-order valence-electron chi connectivity index (χ0n) is 16.8. The summed E-state index contributed by atoms with van der Waals surface area (Å²) in [4.78, 5) is 17.7. The highest BCUT2D eigenvalue weighted by Crippen LogP contribution is 2.28. The number of hydrogen-bond acceptors (Lipinski definition) is 6. The van der Waals surface area contributed by atoms with E-state index in [0.717, 1.165) is 16.5 Å². The third kappa shape index (κ3) is 4.86. The van der Waals surface area contributed by atoms with Gasteiger partial charge in [-0.2, -0.15) is 15.0 Å². The quantitative estimate of drug-likeness (QED) is 0.459. The van der Waals surface area contributed by atoms with Crippen LogP contribution in [0.15, 0.2) is 50.8 Å². The number of hydrogen-bond donors (Lipinski definition) is 0. The maximum Gasteiger partial charge on any atom is 0.282 e. The average Bonchev–Trinajstić information content (AvgIpc) is 2.74. The fourth-order valence-electron chi connectivity index (χ4n) is 2.93. The van der Waals surface area contributed by atoms with Gasteiger partial charge in [0.05, 0.1) is 23.7 Å². The number of fused-ring (bicyclic) bond motifs is 1. The summed E-state index contributed by atoms with van der Waals surface area (Å²) in [5, 5.41) is 13.6. The van der Waals surface area contributed by atoms with Gasteiger partial charge >= 0.3 is 0 Å². The van der Waals surface area contributed by atoms with E-state index in [4.69, 9.17) is 14.7 Å². The van der Waals surface area contributed by atoms with E-state index in [-0.39, 0.29) is 12.2 Å². The Kier molecular flexibility index (Phi) is 7.20. The Morgan fingerprint density at radius 3 is 2.77 bits per heavy atom. The van der Waals surface area contributed by atoms with E-state index >= 15 is 0 Å². The molecule has 8 heteroatoms. The first-order valence-electron chi connectivity index (χ1n) is 9.59. The second-order valence-corrected chi connectivity index (χ2v) is 7.30. The molecule has 154 valence electrons. The summed E-state index contributed by atoms with van der Waals surface area (Å²) in [5.41, 5.74) is 1.15. The van der Waals surface area contributed by atoms with Crippen LogP contribution in [0.4, 0.5) is 0 Å². The van der Waals surface area contributed by atoms with E-state index in [0.29, 0.717) is 41.3 Å². The Bertz CT molecular complexity index is 1180. The van der Waals surface area contributed by atoms with Crippen molar-refractivity contribution in [3.05, 3.63) is 62.6 Å². The molecule has 2 aromatic carbocycles. The lowest BCUT2D eigenvalue weighted by molar-refractivity contribution is 0.298. The monoisotopic (exact) mass is 468 g/mol. The molecule has 0 aliphatic rings. The van der Waals surface area contributed by atoms with Crippen LogP contribution in [0.1, 0.15) is 31.7 Å². The van der Waals surface area contributed by atoms with E-state index in [1.807, 2.05) is 32.0 Å². The van der Waals surface area contributed by atoms with Gasteiger partial charge in [0.15, 0.2) is 18.1 Å². The molecule has 1 heterocycles. The molecular weight excluding hydrogens is 448 g/mol. The molecule has 0 saturated heterocycles. The molecule has 0 atom stereocenters. The highest BCUT2D eigenvalue weighted by Gasteiger charge is 2.11. The van der Waals surface area contributed by atoms with Gasteiger partial charge in [-0.15, -0.1) is 0 Å². The van der Waals surface area contributed by atoms with Crippen LogP contribution in [-0.4, -0.2) is 29.1 Å². The van der Waals surface area contributed by atoms with Gasteiger partial charge in [-0.05, 0) is 55.3 Å². The first-order chi connectivity index (χ1) is 14.6. The standard InChI is InChI=1S/C22H21BrN4O3/c1-3-5-21-26-18-8-7-16(23)13-17(18)22(28)27(21)25-14-15-6-9-19(30-11-10-24)20(12-15)29-4-2/h6-9,12-14H,3-5,11H2,1-2H3. The molecule has 1 aromatic heterocycles. The number of aromatic nitrogens is 2. The summed E-state index contributed by atoms with van der Waals surface area (Å²) >= 11 is 3.40. The molecular formula is C22H21BrN4O3. The van der Waals surface area contributed by atoms with Gasteiger partial charge in [0.2, 0.25) is 0 Å². The number of halogens is 1. The normalized spacial score (nSPS) is 11.0. The maximum atomic E-state index is 13.1. The van der Waals surface area contributed by atoms with Crippen LogP contribution in [-0.2, 0) is 6.42 Å². The Hall–Kier alpha value is -3.18. The van der Waals surface area contributed by atoms with Gasteiger partial charge in [0.1, 0.15) is 11.9 Å². The first-order valence-corrected chi connectivity index (χ1v) is 10.4. The molecule has 30 heavy (non-hydrogen) atoms. The minimum atomic E-state index is -0.222. The average molecular weight is 469 g/mol. The van der Waals surface area contributed by atoms with Crippen LogP contribution in [0, 0.1) is 11.3 Å². The van der Waals surface area contributed by atoms with Gasteiger partial charge in [-0.3, -0.25) is 4.79 Å². The molecule has 0 aliphatic heterocycles. The van der Waals surface area contributed by atoms with Crippen molar-refractivity contribution in [1.29, 1.82) is 5.26 Å². The van der Waals surface area contributed by atoms with Crippen molar-refractivity contribution in [1.82, 2.24) is 9.66 Å². The van der Waals surface area contributed by atoms with Gasteiger partial charge < -0.3 is 9.47 Å². The van der Waals surface area contributed by atoms with E-state index in [1.165, 1.54) is 4.68 Å². The van der Waals surface area contributed by atoms with Crippen molar-refractivity contribution in [2.24, 2.45) is 5.10 Å². The number of nitrogens with zero attached hydrogens (tertiary/aromatic N) is 4. The molecule has 0 fully saturated rings. The number of ether oxygens (including phenoxy) is 2. The van der Waals surface area contributed by atoms with Crippen LogP contribution in [0.25, 0.3) is 10.9 Å². The lowest BCUT2D eigenvalue weighted by Gasteiger charge is -2.11. The van der Waals surface area contributed by atoms with Gasteiger partial charge in [-0.25, -0.2) is 4.98 Å². The van der Waals surface area contributed by atoms with Crippen molar-refractivity contribution in [2.45, 2.75) is 26.7 Å². The lowest BCUT2D eigenvalue weighted by Crippen LogP contribution is -2.22. The molecule has 0 amide bonds. The van der Waals surface area contributed by atoms with Crippen LogP contribution in [0.3, 0.4) is 0 Å². The molecule has 0 radical (unpaired) electrons. The number of rotatable bonds is 8. The smallest absolute Gasteiger partial charge is 0.282 e. The van der Waals surface area contributed by atoms with E-state index < -0.39 is 0 Å². The highest BCUT2D eigenvalue weighted by atomic mass is 79.9. The molecule has 7 nitrogen and oxygen atoms in total. The van der Waals surface area contributed by atoms with Crippen molar-refractivity contribution < 1.29 is 9.47 Å². The summed E-state index contributed by atoms with van der Waals surface area (Å²) in [7, 11) is 0. The molecule has 0 saturated carbocycles. The van der Waals surface area contributed by atoms with Gasteiger partial charge in [0, 0.05) is 10.9 Å². The summed E-state index contributed by atoms with van der Waals surface area (Å²) in [6.45, 7) is 4.28. The summed E-state index contributed by atoms with van der Waals surface area (Å²) < 4.78 is 13.1. The van der Waals surface area contributed by atoms with E-state index in [2.05, 4.69) is 26.0 Å². The summed E-state index contributed by atoms with van der Waals surface area (Å²) in [6.07, 6.45) is 3.05. The van der Waals surface area contributed by atoms with Gasteiger partial charge in [0.25, 0.3) is 5.56 Å². The van der Waals surface area contributed by atoms with Crippen LogP contribution < -0.4 is 15.0 Å². The Morgan fingerprint density at radius 1 is 1.20 bits per heavy atom. The second kappa shape index (κ2) is 10.0. The summed E-state index contributed by atoms with van der Waals surface area (Å²) in [5.74, 6) is 1.60. The van der Waals surface area contributed by atoms with Crippen molar-refractivity contribution in [3.8, 4) is 17.6 Å². The third-order valence-electron chi connectivity index (χ3n) is 4.23. The number of aryl methyl sites for hydroxylation is 1. The topological polar surface area (TPSA) is 89.5 Å². The Balaban J connectivity index is 2.03. The third-order valence-corrected chi connectivity index (χ3v) is 4.72. The maximum absolute atomic E-state index is 13.1. The van der Waals surface area contributed by atoms with Crippen molar-refractivity contribution in [3.63, 3.8) is 0 Å². The van der Waals surface area contributed by atoms with Crippen LogP contribution >= 0.6 is 15.9 Å². The zero-order chi connectivity index (χ0) is 21.5. The molecule has 0 aliphatic carbocycles. The predicted molar refractivity (Wildman–Crippen MR) is 119 cm³/mol. The molecule has 0 bridgehead atoms. The largest absolute Gasteiger partial charge is 0.490 e.